The highest BCUT2D eigenvalue weighted by Crippen LogP contribution is 2.28. The Hall–Kier alpha value is -2.99. The van der Waals surface area contributed by atoms with Crippen molar-refractivity contribution in [1.29, 1.82) is 0 Å². The highest BCUT2D eigenvalue weighted by atomic mass is 32.2. The van der Waals surface area contributed by atoms with Crippen LogP contribution in [0.5, 0.6) is 11.5 Å². The van der Waals surface area contributed by atoms with Crippen molar-refractivity contribution in [3.8, 4) is 11.5 Å². The molecule has 1 heterocycles. The molecule has 1 aromatic heterocycles. The summed E-state index contributed by atoms with van der Waals surface area (Å²) < 4.78 is 10.7. The molecule has 1 N–H and O–H groups in total. The van der Waals surface area contributed by atoms with E-state index in [1.165, 1.54) is 11.8 Å². The largest absolute Gasteiger partial charge is 0.497 e. The molecule has 1 amide bonds. The molecule has 6 heteroatoms. The molecule has 0 aliphatic heterocycles. The lowest BCUT2D eigenvalue weighted by Gasteiger charge is -2.10. The van der Waals surface area contributed by atoms with Gasteiger partial charge in [-0.2, -0.15) is 0 Å². The third-order valence-electron chi connectivity index (χ3n) is 3.69. The number of methoxy groups -OCH3 is 1. The van der Waals surface area contributed by atoms with Gasteiger partial charge in [0.1, 0.15) is 23.1 Å². The van der Waals surface area contributed by atoms with E-state index < -0.39 is 0 Å². The van der Waals surface area contributed by atoms with Crippen molar-refractivity contribution in [1.82, 2.24) is 10.3 Å². The Morgan fingerprint density at radius 2 is 1.74 bits per heavy atom. The quantitative estimate of drug-likeness (QED) is 0.598. The highest BCUT2D eigenvalue weighted by molar-refractivity contribution is 7.99. The Morgan fingerprint density at radius 3 is 2.48 bits per heavy atom. The maximum atomic E-state index is 12.5. The van der Waals surface area contributed by atoms with Gasteiger partial charge < -0.3 is 14.8 Å². The van der Waals surface area contributed by atoms with Crippen LogP contribution in [0.3, 0.4) is 0 Å². The van der Waals surface area contributed by atoms with Crippen LogP contribution in [0, 0.1) is 0 Å². The van der Waals surface area contributed by atoms with E-state index in [2.05, 4.69) is 10.3 Å². The molecule has 0 bridgehead atoms. The standard InChI is InChI=1S/C21H20N2O3S/c1-25-16-9-11-17(12-10-16)26-15-14-22-20(24)19-8-5-13-23-21(19)27-18-6-3-2-4-7-18/h2-13H,14-15H2,1H3,(H,22,24). The van der Waals surface area contributed by atoms with Gasteiger partial charge in [-0.05, 0) is 48.5 Å². The van der Waals surface area contributed by atoms with Gasteiger partial charge in [-0.15, -0.1) is 0 Å². The predicted molar refractivity (Wildman–Crippen MR) is 106 cm³/mol. The number of amides is 1. The average Bonchev–Trinajstić information content (AvgIpc) is 2.72. The number of hydrogen-bond acceptors (Lipinski definition) is 5. The summed E-state index contributed by atoms with van der Waals surface area (Å²) in [6.45, 7) is 0.773. The second-order valence-electron chi connectivity index (χ2n) is 5.55. The fourth-order valence-electron chi connectivity index (χ4n) is 2.35. The van der Waals surface area contributed by atoms with Crippen LogP contribution in [0.4, 0.5) is 0 Å². The molecule has 0 aliphatic carbocycles. The van der Waals surface area contributed by atoms with E-state index in [1.54, 1.807) is 25.4 Å². The first-order chi connectivity index (χ1) is 13.3. The Balaban J connectivity index is 1.53. The molecule has 2 aromatic carbocycles. The average molecular weight is 380 g/mol. The lowest BCUT2D eigenvalue weighted by molar-refractivity contribution is 0.0943. The molecule has 138 valence electrons. The lowest BCUT2D eigenvalue weighted by Crippen LogP contribution is -2.28. The van der Waals surface area contributed by atoms with Crippen molar-refractivity contribution in [3.05, 3.63) is 78.5 Å². The van der Waals surface area contributed by atoms with Crippen molar-refractivity contribution in [2.24, 2.45) is 0 Å². The summed E-state index contributed by atoms with van der Waals surface area (Å²) in [5.41, 5.74) is 0.552. The zero-order valence-electron chi connectivity index (χ0n) is 14.9. The van der Waals surface area contributed by atoms with Gasteiger partial charge in [0.25, 0.3) is 5.91 Å². The van der Waals surface area contributed by atoms with Gasteiger partial charge in [0.2, 0.25) is 0 Å². The minimum absolute atomic E-state index is 0.167. The first-order valence-electron chi connectivity index (χ1n) is 8.49. The molecule has 0 atom stereocenters. The number of pyridine rings is 1. The number of aromatic nitrogens is 1. The van der Waals surface area contributed by atoms with Crippen LogP contribution < -0.4 is 14.8 Å². The number of benzene rings is 2. The maximum Gasteiger partial charge on any atom is 0.254 e. The first kappa shape index (κ1) is 18.8. The van der Waals surface area contributed by atoms with Crippen LogP contribution in [0.2, 0.25) is 0 Å². The molecule has 27 heavy (non-hydrogen) atoms. The van der Waals surface area contributed by atoms with E-state index in [4.69, 9.17) is 9.47 Å². The summed E-state index contributed by atoms with van der Waals surface area (Å²) in [4.78, 5) is 17.9. The number of nitrogens with zero attached hydrogens (tertiary/aromatic N) is 1. The smallest absolute Gasteiger partial charge is 0.254 e. The van der Waals surface area contributed by atoms with E-state index in [0.29, 0.717) is 23.7 Å². The summed E-state index contributed by atoms with van der Waals surface area (Å²) in [5, 5.41) is 3.55. The fourth-order valence-corrected chi connectivity index (χ4v) is 3.25. The van der Waals surface area contributed by atoms with Crippen LogP contribution in [-0.4, -0.2) is 31.2 Å². The Bertz CT molecular complexity index is 870. The Morgan fingerprint density at radius 1 is 1.00 bits per heavy atom. The maximum absolute atomic E-state index is 12.5. The number of ether oxygens (including phenoxy) is 2. The van der Waals surface area contributed by atoms with Gasteiger partial charge in [-0.1, -0.05) is 30.0 Å². The predicted octanol–water partition coefficient (Wildman–Crippen LogP) is 4.05. The summed E-state index contributed by atoms with van der Waals surface area (Å²) in [7, 11) is 1.62. The van der Waals surface area contributed by atoms with Crippen LogP contribution in [0.25, 0.3) is 0 Å². The van der Waals surface area contributed by atoms with Crippen LogP contribution >= 0.6 is 11.8 Å². The summed E-state index contributed by atoms with van der Waals surface area (Å²) in [5.74, 6) is 1.34. The van der Waals surface area contributed by atoms with Crippen molar-refractivity contribution in [2.75, 3.05) is 20.3 Å². The van der Waals surface area contributed by atoms with Gasteiger partial charge >= 0.3 is 0 Å². The minimum Gasteiger partial charge on any atom is -0.497 e. The van der Waals surface area contributed by atoms with Gasteiger partial charge in [0.15, 0.2) is 0 Å². The van der Waals surface area contributed by atoms with Gasteiger partial charge in [0.05, 0.1) is 19.2 Å². The zero-order chi connectivity index (χ0) is 18.9. The van der Waals surface area contributed by atoms with E-state index in [9.17, 15) is 4.79 Å². The normalized spacial score (nSPS) is 10.3. The summed E-state index contributed by atoms with van der Waals surface area (Å²) in [6, 6.07) is 20.7. The van der Waals surface area contributed by atoms with Gasteiger partial charge in [-0.3, -0.25) is 4.79 Å². The second-order valence-corrected chi connectivity index (χ2v) is 6.61. The molecule has 3 aromatic rings. The summed E-state index contributed by atoms with van der Waals surface area (Å²) in [6.07, 6.45) is 1.69. The molecule has 0 spiro atoms. The zero-order valence-corrected chi connectivity index (χ0v) is 15.7. The van der Waals surface area contributed by atoms with Crippen molar-refractivity contribution >= 4 is 17.7 Å². The van der Waals surface area contributed by atoms with E-state index in [0.717, 1.165) is 16.4 Å². The van der Waals surface area contributed by atoms with Crippen LogP contribution in [0.1, 0.15) is 10.4 Å². The van der Waals surface area contributed by atoms with E-state index in [-0.39, 0.29) is 5.91 Å². The molecule has 0 saturated carbocycles. The molecule has 0 radical (unpaired) electrons. The van der Waals surface area contributed by atoms with Crippen molar-refractivity contribution in [3.63, 3.8) is 0 Å². The number of carbonyl (C=O) groups excluding carboxylic acids is 1. The summed E-state index contributed by atoms with van der Waals surface area (Å²) >= 11 is 1.47. The van der Waals surface area contributed by atoms with Gasteiger partial charge in [-0.25, -0.2) is 4.98 Å². The number of hydrogen-bond donors (Lipinski definition) is 1. The topological polar surface area (TPSA) is 60.5 Å². The number of nitrogens with one attached hydrogen (secondary N) is 1. The monoisotopic (exact) mass is 380 g/mol. The van der Waals surface area contributed by atoms with Gasteiger partial charge in [0, 0.05) is 11.1 Å². The molecular weight excluding hydrogens is 360 g/mol. The van der Waals surface area contributed by atoms with E-state index in [1.807, 2.05) is 54.6 Å². The fraction of sp³-hybridized carbons (Fsp3) is 0.143. The van der Waals surface area contributed by atoms with E-state index >= 15 is 0 Å². The third-order valence-corrected chi connectivity index (χ3v) is 4.72. The number of rotatable bonds is 8. The molecule has 0 saturated heterocycles. The highest BCUT2D eigenvalue weighted by Gasteiger charge is 2.13. The molecule has 5 nitrogen and oxygen atoms in total. The second kappa shape index (κ2) is 9.64. The minimum atomic E-state index is -0.167. The number of carbonyl (C=O) groups is 1. The molecule has 3 rings (SSSR count). The van der Waals surface area contributed by atoms with Crippen molar-refractivity contribution in [2.45, 2.75) is 9.92 Å². The Kier molecular flexibility index (Phi) is 6.71. The van der Waals surface area contributed by atoms with Crippen LogP contribution in [0.15, 0.2) is 82.8 Å². The van der Waals surface area contributed by atoms with Crippen LogP contribution in [-0.2, 0) is 0 Å². The molecule has 0 unspecified atom stereocenters. The lowest BCUT2D eigenvalue weighted by atomic mass is 10.2. The molecule has 0 fully saturated rings. The molecular formula is C21H20N2O3S. The Labute approximate surface area is 162 Å². The molecule has 0 aliphatic rings. The first-order valence-corrected chi connectivity index (χ1v) is 9.31. The third kappa shape index (κ3) is 5.49. The SMILES string of the molecule is COc1ccc(OCCNC(=O)c2cccnc2Sc2ccccc2)cc1. The van der Waals surface area contributed by atoms with Crippen molar-refractivity contribution < 1.29 is 14.3 Å².